The highest BCUT2D eigenvalue weighted by Crippen LogP contribution is 2.32. The molecule has 0 aromatic carbocycles. The Balaban J connectivity index is 1.91. The van der Waals surface area contributed by atoms with Crippen LogP contribution in [-0.4, -0.2) is 29.6 Å². The Bertz CT molecular complexity index is 323. The largest absolute Gasteiger partial charge is 0.326 e. The summed E-state index contributed by atoms with van der Waals surface area (Å²) in [6, 6.07) is 0.0820. The van der Waals surface area contributed by atoms with Gasteiger partial charge in [0.25, 0.3) is 0 Å². The summed E-state index contributed by atoms with van der Waals surface area (Å²) in [6.07, 6.45) is 11.3. The van der Waals surface area contributed by atoms with Gasteiger partial charge < -0.3 is 4.90 Å². The second-order valence-corrected chi connectivity index (χ2v) is 7.10. The van der Waals surface area contributed by atoms with Gasteiger partial charge in [-0.05, 0) is 37.5 Å². The van der Waals surface area contributed by atoms with Gasteiger partial charge in [0.2, 0.25) is 5.91 Å². The van der Waals surface area contributed by atoms with Crippen molar-refractivity contribution in [3.63, 3.8) is 0 Å². The third-order valence-corrected chi connectivity index (χ3v) is 5.49. The van der Waals surface area contributed by atoms with Crippen molar-refractivity contribution in [2.24, 2.45) is 11.8 Å². The first-order valence-electron chi connectivity index (χ1n) is 9.26. The lowest BCUT2D eigenvalue weighted by atomic mass is 9.80. The van der Waals surface area contributed by atoms with Crippen LogP contribution < -0.4 is 5.32 Å². The summed E-state index contributed by atoms with van der Waals surface area (Å²) in [5, 5.41) is 3.58. The molecule has 2 fully saturated rings. The molecule has 1 aliphatic heterocycles. The van der Waals surface area contributed by atoms with Crippen LogP contribution in [-0.2, 0) is 4.79 Å². The van der Waals surface area contributed by atoms with Crippen molar-refractivity contribution in [3.05, 3.63) is 0 Å². The number of nitrogens with zero attached hydrogens (tertiary/aromatic N) is 1. The van der Waals surface area contributed by atoms with Crippen molar-refractivity contribution in [3.8, 4) is 0 Å². The molecule has 0 spiro atoms. The van der Waals surface area contributed by atoms with Gasteiger partial charge in [-0.3, -0.25) is 10.1 Å². The van der Waals surface area contributed by atoms with Crippen molar-refractivity contribution in [2.75, 3.05) is 6.54 Å². The lowest BCUT2D eigenvalue weighted by Crippen LogP contribution is -2.41. The van der Waals surface area contributed by atoms with Gasteiger partial charge in [-0.15, -0.1) is 0 Å². The van der Waals surface area contributed by atoms with Gasteiger partial charge >= 0.3 is 0 Å². The van der Waals surface area contributed by atoms with E-state index in [9.17, 15) is 4.79 Å². The van der Waals surface area contributed by atoms with E-state index in [0.29, 0.717) is 12.1 Å². The monoisotopic (exact) mass is 294 g/mol. The molecule has 2 unspecified atom stereocenters. The van der Waals surface area contributed by atoms with Gasteiger partial charge in [0.05, 0.1) is 12.2 Å². The van der Waals surface area contributed by atoms with E-state index in [-0.39, 0.29) is 6.04 Å². The molecule has 0 aromatic heterocycles. The van der Waals surface area contributed by atoms with E-state index in [4.69, 9.17) is 0 Å². The average Bonchev–Trinajstić information content (AvgIpc) is 2.78. The number of hydrogen-bond donors (Lipinski definition) is 1. The smallest absolute Gasteiger partial charge is 0.241 e. The second-order valence-electron chi connectivity index (χ2n) is 7.10. The lowest BCUT2D eigenvalue weighted by Gasteiger charge is -2.33. The third kappa shape index (κ3) is 4.21. The molecular formula is C18H34N2O. The fourth-order valence-corrected chi connectivity index (χ4v) is 4.07. The maximum Gasteiger partial charge on any atom is 0.241 e. The first kappa shape index (κ1) is 16.8. The van der Waals surface area contributed by atoms with E-state index in [0.717, 1.165) is 44.1 Å². The summed E-state index contributed by atoms with van der Waals surface area (Å²) in [5.41, 5.74) is 0. The number of nitrogens with one attached hydrogen (secondary N) is 1. The van der Waals surface area contributed by atoms with Gasteiger partial charge in [-0.2, -0.15) is 0 Å². The molecule has 3 nitrogen and oxygen atoms in total. The van der Waals surface area contributed by atoms with Crippen LogP contribution in [0.25, 0.3) is 0 Å². The predicted octanol–water partition coefficient (Wildman–Crippen LogP) is 3.93. The molecule has 1 saturated heterocycles. The van der Waals surface area contributed by atoms with E-state index >= 15 is 0 Å². The molecule has 1 amide bonds. The van der Waals surface area contributed by atoms with Crippen molar-refractivity contribution < 1.29 is 4.79 Å². The number of carbonyl (C=O) groups excluding carboxylic acids is 1. The van der Waals surface area contributed by atoms with E-state index < -0.39 is 0 Å². The van der Waals surface area contributed by atoms with Crippen molar-refractivity contribution in [1.82, 2.24) is 10.2 Å². The second kappa shape index (κ2) is 8.17. The first-order valence-corrected chi connectivity index (χ1v) is 9.26. The molecule has 2 rings (SSSR count). The first-order chi connectivity index (χ1) is 10.2. The molecule has 21 heavy (non-hydrogen) atoms. The highest BCUT2D eigenvalue weighted by atomic mass is 16.2. The summed E-state index contributed by atoms with van der Waals surface area (Å²) in [6.45, 7) is 7.68. The highest BCUT2D eigenvalue weighted by molar-refractivity contribution is 5.84. The Morgan fingerprint density at radius 2 is 1.62 bits per heavy atom. The predicted molar refractivity (Wildman–Crippen MR) is 88.0 cm³/mol. The van der Waals surface area contributed by atoms with Crippen LogP contribution in [0.2, 0.25) is 0 Å². The Hall–Kier alpha value is -0.570. The van der Waals surface area contributed by atoms with Gasteiger partial charge in [-0.25, -0.2) is 0 Å². The van der Waals surface area contributed by atoms with Crippen LogP contribution in [0, 0.1) is 11.8 Å². The molecule has 1 N–H and O–H groups in total. The van der Waals surface area contributed by atoms with Crippen LogP contribution in [0.3, 0.4) is 0 Å². The van der Waals surface area contributed by atoms with Crippen LogP contribution in [0.5, 0.6) is 0 Å². The van der Waals surface area contributed by atoms with Gasteiger partial charge in [0.15, 0.2) is 0 Å². The van der Waals surface area contributed by atoms with Gasteiger partial charge in [-0.1, -0.05) is 52.9 Å². The number of carbonyl (C=O) groups is 1. The van der Waals surface area contributed by atoms with E-state index in [1.54, 1.807) is 0 Å². The summed E-state index contributed by atoms with van der Waals surface area (Å²) in [5.74, 6) is 2.04. The van der Waals surface area contributed by atoms with E-state index in [1.165, 1.54) is 32.1 Å². The van der Waals surface area contributed by atoms with Crippen molar-refractivity contribution >= 4 is 5.91 Å². The number of hydrogen-bond acceptors (Lipinski definition) is 2. The zero-order valence-corrected chi connectivity index (χ0v) is 14.2. The molecule has 0 bridgehead atoms. The molecule has 3 heteroatoms. The zero-order chi connectivity index (χ0) is 15.2. The molecule has 1 heterocycles. The Labute approximate surface area is 130 Å². The molecular weight excluding hydrogens is 260 g/mol. The van der Waals surface area contributed by atoms with Crippen LogP contribution in [0.4, 0.5) is 0 Å². The molecule has 2 aliphatic rings. The van der Waals surface area contributed by atoms with Crippen molar-refractivity contribution in [1.29, 1.82) is 0 Å². The zero-order valence-electron chi connectivity index (χ0n) is 14.2. The normalized spacial score (nSPS) is 33.7. The van der Waals surface area contributed by atoms with Crippen molar-refractivity contribution in [2.45, 2.75) is 90.8 Å². The Kier molecular flexibility index (Phi) is 6.53. The Morgan fingerprint density at radius 1 is 1.00 bits per heavy atom. The van der Waals surface area contributed by atoms with Crippen LogP contribution >= 0.6 is 0 Å². The minimum absolute atomic E-state index is 0.0820. The molecule has 0 aromatic rings. The summed E-state index contributed by atoms with van der Waals surface area (Å²) in [4.78, 5) is 14.8. The fraction of sp³-hybridized carbons (Fsp3) is 0.944. The fourth-order valence-electron chi connectivity index (χ4n) is 4.07. The topological polar surface area (TPSA) is 32.3 Å². The highest BCUT2D eigenvalue weighted by Gasteiger charge is 2.38. The molecule has 1 aliphatic carbocycles. The summed E-state index contributed by atoms with van der Waals surface area (Å²) >= 11 is 0. The molecule has 122 valence electrons. The molecule has 0 radical (unpaired) electrons. The minimum Gasteiger partial charge on any atom is -0.326 e. The maximum atomic E-state index is 12.6. The third-order valence-electron chi connectivity index (χ3n) is 5.49. The van der Waals surface area contributed by atoms with E-state index in [2.05, 4.69) is 31.0 Å². The lowest BCUT2D eigenvalue weighted by molar-refractivity contribution is -0.131. The average molecular weight is 294 g/mol. The molecule has 1 saturated carbocycles. The standard InChI is InChI=1S/C18H34N2O/c1-4-7-16-18(21)20(17(19-16)8-5-2)13-15-11-9-14(6-3)10-12-15/h14-17,19H,4-13H2,1-3H3. The van der Waals surface area contributed by atoms with Gasteiger partial charge in [0.1, 0.15) is 0 Å². The van der Waals surface area contributed by atoms with E-state index in [1.807, 2.05) is 0 Å². The van der Waals surface area contributed by atoms with Gasteiger partial charge in [0, 0.05) is 6.54 Å². The summed E-state index contributed by atoms with van der Waals surface area (Å²) < 4.78 is 0. The number of amides is 1. The Morgan fingerprint density at radius 3 is 2.19 bits per heavy atom. The minimum atomic E-state index is 0.0820. The number of rotatable bonds is 7. The van der Waals surface area contributed by atoms with Crippen LogP contribution in [0.1, 0.15) is 78.6 Å². The quantitative estimate of drug-likeness (QED) is 0.771. The maximum absolute atomic E-state index is 12.6. The SMILES string of the molecule is CCCC1NC(CCC)N(CC2CCC(CC)CC2)C1=O. The van der Waals surface area contributed by atoms with Crippen LogP contribution in [0.15, 0.2) is 0 Å². The summed E-state index contributed by atoms with van der Waals surface area (Å²) in [7, 11) is 0. The molecule has 2 atom stereocenters.